The number of halogens is 2. The van der Waals surface area contributed by atoms with Gasteiger partial charge in [-0.2, -0.15) is 0 Å². The van der Waals surface area contributed by atoms with E-state index in [1.54, 1.807) is 62.4 Å². The number of nitrogens with zero attached hydrogens (tertiary/aromatic N) is 1. The van der Waals surface area contributed by atoms with Crippen LogP contribution in [0.2, 0.25) is 10.0 Å². The molecule has 7 nitrogen and oxygen atoms in total. The molecule has 3 rings (SSSR count). The van der Waals surface area contributed by atoms with Gasteiger partial charge < -0.3 is 14.7 Å². The predicted octanol–water partition coefficient (Wildman–Crippen LogP) is 4.69. The number of rotatable bonds is 9. The summed E-state index contributed by atoms with van der Waals surface area (Å²) in [5, 5.41) is 10.4. The van der Waals surface area contributed by atoms with E-state index in [0.29, 0.717) is 27.6 Å². The summed E-state index contributed by atoms with van der Waals surface area (Å²) in [6.07, 6.45) is -2.24. The average Bonchev–Trinajstić information content (AvgIpc) is 2.79. The smallest absolute Gasteiger partial charge is 0.306 e. The zero-order valence-corrected chi connectivity index (χ0v) is 21.2. The molecule has 0 unspecified atom stereocenters. The molecule has 1 saturated heterocycles. The summed E-state index contributed by atoms with van der Waals surface area (Å²) in [4.78, 5) is 26.7. The highest BCUT2D eigenvalue weighted by Crippen LogP contribution is 2.44. The Hall–Kier alpha value is -2.13. The Morgan fingerprint density at radius 1 is 1.09 bits per heavy atom. The number of carbonyl (C=O) groups is 2. The highest BCUT2D eigenvalue weighted by Gasteiger charge is 2.47. The Bertz CT molecular complexity index is 1140. The van der Waals surface area contributed by atoms with Crippen molar-refractivity contribution in [2.24, 2.45) is 0 Å². The molecule has 0 radical (unpaired) electrons. The van der Waals surface area contributed by atoms with Gasteiger partial charge in [-0.1, -0.05) is 61.3 Å². The number of sulfone groups is 1. The maximum absolute atomic E-state index is 13.6. The van der Waals surface area contributed by atoms with E-state index >= 15 is 0 Å². The quantitative estimate of drug-likeness (QED) is 0.507. The maximum atomic E-state index is 13.6. The van der Waals surface area contributed by atoms with E-state index in [-0.39, 0.29) is 11.5 Å². The standard InChI is InChI=1S/C24H27Cl2NO6S/c1-3-19(14-34(31,32)4-2)27-22(15-8-10-17(25)11-9-15)23(16-6-5-7-18(26)12-16)33-20(24(27)30)13-21(28)29/h5-12,19-20,22-23H,3-4,13-14H2,1-2H3,(H,28,29)/t19-,20-,22+,23+/m0/s1. The first-order valence-electron chi connectivity index (χ1n) is 11.0. The minimum atomic E-state index is -3.44. The third kappa shape index (κ3) is 6.10. The van der Waals surface area contributed by atoms with Crippen molar-refractivity contribution < 1.29 is 27.9 Å². The van der Waals surface area contributed by atoms with Gasteiger partial charge in [0.1, 0.15) is 12.2 Å². The molecule has 0 saturated carbocycles. The van der Waals surface area contributed by atoms with Gasteiger partial charge >= 0.3 is 5.97 Å². The van der Waals surface area contributed by atoms with Gasteiger partial charge in [-0.05, 0) is 41.8 Å². The number of carboxylic acid groups (broad SMARTS) is 1. The van der Waals surface area contributed by atoms with Gasteiger partial charge in [0.2, 0.25) is 0 Å². The molecule has 184 valence electrons. The van der Waals surface area contributed by atoms with Gasteiger partial charge in [0, 0.05) is 21.8 Å². The lowest BCUT2D eigenvalue weighted by Crippen LogP contribution is -2.56. The van der Waals surface area contributed by atoms with Crippen LogP contribution in [0.1, 0.15) is 50.0 Å². The fourth-order valence-corrected chi connectivity index (χ4v) is 5.75. The summed E-state index contributed by atoms with van der Waals surface area (Å²) >= 11 is 12.3. The van der Waals surface area contributed by atoms with Crippen molar-refractivity contribution in [3.8, 4) is 0 Å². The normalized spacial score (nSPS) is 21.9. The molecule has 34 heavy (non-hydrogen) atoms. The molecule has 1 N–H and O–H groups in total. The van der Waals surface area contributed by atoms with Gasteiger partial charge in [0.05, 0.1) is 18.2 Å². The molecule has 4 atom stereocenters. The predicted molar refractivity (Wildman–Crippen MR) is 131 cm³/mol. The molecule has 0 bridgehead atoms. The van der Waals surface area contributed by atoms with Gasteiger partial charge in [-0.15, -0.1) is 0 Å². The van der Waals surface area contributed by atoms with Crippen molar-refractivity contribution in [3.63, 3.8) is 0 Å². The SMILES string of the molecule is CC[C@@H](CS(=O)(=O)CC)N1C(=O)[C@H](CC(=O)O)O[C@H](c2cccc(Cl)c2)[C@H]1c1ccc(Cl)cc1. The van der Waals surface area contributed by atoms with Gasteiger partial charge in [-0.25, -0.2) is 8.42 Å². The van der Waals surface area contributed by atoms with Crippen LogP contribution in [0.3, 0.4) is 0 Å². The molecule has 0 aromatic heterocycles. The number of carbonyl (C=O) groups excluding carboxylic acids is 1. The average molecular weight is 528 g/mol. The van der Waals surface area contributed by atoms with Crippen molar-refractivity contribution in [2.75, 3.05) is 11.5 Å². The van der Waals surface area contributed by atoms with Crippen LogP contribution in [0.15, 0.2) is 48.5 Å². The maximum Gasteiger partial charge on any atom is 0.306 e. The number of morpholine rings is 1. The first-order valence-corrected chi connectivity index (χ1v) is 13.5. The number of hydrogen-bond acceptors (Lipinski definition) is 5. The van der Waals surface area contributed by atoms with Gasteiger partial charge in [-0.3, -0.25) is 9.59 Å². The molecule has 2 aromatic rings. The summed E-state index contributed by atoms with van der Waals surface area (Å²) < 4.78 is 31.2. The Morgan fingerprint density at radius 3 is 2.32 bits per heavy atom. The molecular weight excluding hydrogens is 501 g/mol. The van der Waals surface area contributed by atoms with Crippen molar-refractivity contribution in [2.45, 2.75) is 51.0 Å². The first-order chi connectivity index (χ1) is 16.1. The summed E-state index contributed by atoms with van der Waals surface area (Å²) in [6, 6.07) is 12.4. The molecule has 2 aromatic carbocycles. The second-order valence-corrected chi connectivity index (χ2v) is 11.5. The van der Waals surface area contributed by atoms with E-state index in [0.717, 1.165) is 0 Å². The molecule has 1 aliphatic rings. The number of benzene rings is 2. The van der Waals surface area contributed by atoms with Crippen LogP contribution in [0.4, 0.5) is 0 Å². The molecule has 1 fully saturated rings. The summed E-state index contributed by atoms with van der Waals surface area (Å²) in [5.41, 5.74) is 1.33. The minimum absolute atomic E-state index is 0.0656. The topological polar surface area (TPSA) is 101 Å². The van der Waals surface area contributed by atoms with E-state index in [1.165, 1.54) is 4.90 Å². The number of hydrogen-bond donors (Lipinski definition) is 1. The summed E-state index contributed by atoms with van der Waals surface area (Å²) in [6.45, 7) is 3.36. The van der Waals surface area contributed by atoms with Crippen LogP contribution in [0, 0.1) is 0 Å². The minimum Gasteiger partial charge on any atom is -0.481 e. The summed E-state index contributed by atoms with van der Waals surface area (Å²) in [5.74, 6) is -2.05. The zero-order chi connectivity index (χ0) is 25.0. The first kappa shape index (κ1) is 26.5. The number of carboxylic acids is 1. The Labute approximate surface area is 209 Å². The van der Waals surface area contributed by atoms with Gasteiger partial charge in [0.25, 0.3) is 5.91 Å². The largest absolute Gasteiger partial charge is 0.481 e. The van der Waals surface area contributed by atoms with Crippen molar-refractivity contribution in [1.82, 2.24) is 4.90 Å². The second-order valence-electron chi connectivity index (χ2n) is 8.20. The van der Waals surface area contributed by atoms with Crippen LogP contribution in [-0.4, -0.2) is 54.0 Å². The molecule has 10 heteroatoms. The van der Waals surface area contributed by atoms with Crippen LogP contribution in [-0.2, 0) is 24.2 Å². The lowest BCUT2D eigenvalue weighted by molar-refractivity contribution is -0.182. The lowest BCUT2D eigenvalue weighted by atomic mass is 9.89. The van der Waals surface area contributed by atoms with Gasteiger partial charge in [0.15, 0.2) is 9.84 Å². The van der Waals surface area contributed by atoms with Crippen LogP contribution in [0.5, 0.6) is 0 Å². The second kappa shape index (κ2) is 11.1. The fraction of sp³-hybridized carbons (Fsp3) is 0.417. The Kier molecular flexibility index (Phi) is 8.62. The van der Waals surface area contributed by atoms with E-state index in [9.17, 15) is 23.1 Å². The van der Waals surface area contributed by atoms with E-state index in [2.05, 4.69) is 0 Å². The van der Waals surface area contributed by atoms with E-state index in [4.69, 9.17) is 27.9 Å². The Morgan fingerprint density at radius 2 is 1.76 bits per heavy atom. The zero-order valence-electron chi connectivity index (χ0n) is 18.9. The molecule has 0 spiro atoms. The lowest BCUT2D eigenvalue weighted by Gasteiger charge is -2.48. The van der Waals surface area contributed by atoms with Crippen molar-refractivity contribution >= 4 is 44.9 Å². The molecule has 1 heterocycles. The fourth-order valence-electron chi connectivity index (χ4n) is 4.21. The third-order valence-electron chi connectivity index (χ3n) is 5.93. The summed E-state index contributed by atoms with van der Waals surface area (Å²) in [7, 11) is -3.44. The van der Waals surface area contributed by atoms with Crippen molar-refractivity contribution in [1.29, 1.82) is 0 Å². The third-order valence-corrected chi connectivity index (χ3v) is 8.19. The highest BCUT2D eigenvalue weighted by atomic mass is 35.5. The van der Waals surface area contributed by atoms with E-state index < -0.39 is 52.4 Å². The molecule has 1 aliphatic heterocycles. The van der Waals surface area contributed by atoms with Crippen LogP contribution >= 0.6 is 23.2 Å². The highest BCUT2D eigenvalue weighted by molar-refractivity contribution is 7.91. The number of amides is 1. The monoisotopic (exact) mass is 527 g/mol. The molecular formula is C24H27Cl2NO6S. The Balaban J connectivity index is 2.20. The molecule has 1 amide bonds. The van der Waals surface area contributed by atoms with Crippen LogP contribution < -0.4 is 0 Å². The molecule has 0 aliphatic carbocycles. The number of ether oxygens (including phenoxy) is 1. The van der Waals surface area contributed by atoms with Crippen LogP contribution in [0.25, 0.3) is 0 Å². The van der Waals surface area contributed by atoms with Crippen molar-refractivity contribution in [3.05, 3.63) is 69.7 Å². The van der Waals surface area contributed by atoms with E-state index in [1.807, 2.05) is 0 Å². The number of aliphatic carboxylic acids is 1.